The van der Waals surface area contributed by atoms with Gasteiger partial charge in [0, 0.05) is 53.1 Å². The second-order valence-corrected chi connectivity index (χ2v) is 18.1. The van der Waals surface area contributed by atoms with E-state index in [1.54, 1.807) is 66.8 Å². The van der Waals surface area contributed by atoms with Crippen LogP contribution in [-0.4, -0.2) is 69.5 Å². The number of ether oxygens (including phenoxy) is 2. The first-order chi connectivity index (χ1) is 34.4. The van der Waals surface area contributed by atoms with Crippen molar-refractivity contribution in [3.63, 3.8) is 0 Å². The molecule has 8 aromatic rings. The maximum absolute atomic E-state index is 16.2. The van der Waals surface area contributed by atoms with Crippen LogP contribution in [0.4, 0.5) is 21.9 Å². The highest BCUT2D eigenvalue weighted by Crippen LogP contribution is 2.39. The Bertz CT molecular complexity index is 3200. The molecule has 2 atom stereocenters. The number of amides is 4. The van der Waals surface area contributed by atoms with Gasteiger partial charge in [-0.3, -0.25) is 14.4 Å². The normalized spacial score (nSPS) is 13.6. The van der Waals surface area contributed by atoms with Crippen LogP contribution in [-0.2, 0) is 22.5 Å². The Labute approximate surface area is 412 Å². The van der Waals surface area contributed by atoms with Crippen LogP contribution in [0, 0.1) is 5.92 Å². The molecule has 2 heterocycles. The van der Waals surface area contributed by atoms with E-state index in [0.29, 0.717) is 45.1 Å². The fourth-order valence-electron chi connectivity index (χ4n) is 8.84. The second-order valence-electron chi connectivity index (χ2n) is 18.1. The fourth-order valence-corrected chi connectivity index (χ4v) is 8.84. The SMILES string of the molecule is COc1cc(-n2nc(C(=O)Nc3ccccc3)c3ccccc32)c(C(=O)N2Cc3ccccc3C[C@H]2C(CNC(=O)OC(C)(C)C)C(=O)Nc2ccccc2)cc1N=C(c1ccccc1)c1ccccc1. The lowest BCUT2D eigenvalue weighted by atomic mass is 9.85. The molecule has 0 spiro atoms. The zero-order valence-electron chi connectivity index (χ0n) is 39.8. The van der Waals surface area contributed by atoms with Crippen LogP contribution in [0.25, 0.3) is 16.6 Å². The molecule has 7 aromatic carbocycles. The lowest BCUT2D eigenvalue weighted by molar-refractivity contribution is -0.121. The number of alkyl carbamates (subject to hydrolysis) is 1. The third kappa shape index (κ3) is 10.7. The summed E-state index contributed by atoms with van der Waals surface area (Å²) in [6.45, 7) is 5.25. The van der Waals surface area contributed by atoms with Crippen LogP contribution in [0.1, 0.15) is 63.9 Å². The number of aliphatic imine (C=N–C) groups is 1. The maximum Gasteiger partial charge on any atom is 0.407 e. The number of aromatic nitrogens is 2. The average Bonchev–Trinajstić information content (AvgIpc) is 3.78. The molecule has 13 nitrogen and oxygen atoms in total. The Morgan fingerprint density at radius 2 is 1.27 bits per heavy atom. The Morgan fingerprint density at radius 3 is 1.89 bits per heavy atom. The quantitative estimate of drug-likeness (QED) is 0.0972. The molecule has 3 N–H and O–H groups in total. The summed E-state index contributed by atoms with van der Waals surface area (Å²) in [6.07, 6.45) is -0.420. The first-order valence-electron chi connectivity index (χ1n) is 23.4. The van der Waals surface area contributed by atoms with Gasteiger partial charge in [-0.2, -0.15) is 5.10 Å². The van der Waals surface area contributed by atoms with Crippen LogP contribution >= 0.6 is 0 Å². The molecular weight excluding hydrogens is 891 g/mol. The van der Waals surface area contributed by atoms with Gasteiger partial charge < -0.3 is 30.3 Å². The molecule has 0 saturated heterocycles. The molecule has 13 heteroatoms. The third-order valence-corrected chi connectivity index (χ3v) is 12.2. The van der Waals surface area contributed by atoms with Gasteiger partial charge in [-0.25, -0.2) is 14.5 Å². The number of benzene rings is 7. The molecule has 9 rings (SSSR count). The summed E-state index contributed by atoms with van der Waals surface area (Å²) in [5.41, 5.74) is 6.00. The molecular formula is C58H53N7O6. The van der Waals surface area contributed by atoms with E-state index in [2.05, 4.69) is 16.0 Å². The van der Waals surface area contributed by atoms with Crippen molar-refractivity contribution in [3.8, 4) is 11.4 Å². The number of para-hydroxylation sites is 3. The van der Waals surface area contributed by atoms with E-state index in [4.69, 9.17) is 19.6 Å². The van der Waals surface area contributed by atoms with Gasteiger partial charge in [0.25, 0.3) is 11.8 Å². The molecule has 356 valence electrons. The monoisotopic (exact) mass is 943 g/mol. The number of methoxy groups -OCH3 is 1. The number of hydrogen-bond acceptors (Lipinski definition) is 8. The maximum atomic E-state index is 16.2. The number of nitrogens with one attached hydrogen (secondary N) is 3. The summed E-state index contributed by atoms with van der Waals surface area (Å²) in [7, 11) is 1.54. The molecule has 1 aliphatic heterocycles. The van der Waals surface area contributed by atoms with E-state index in [9.17, 15) is 14.4 Å². The number of hydrogen-bond donors (Lipinski definition) is 3. The molecule has 0 bridgehead atoms. The molecule has 0 radical (unpaired) electrons. The van der Waals surface area contributed by atoms with Crippen LogP contribution in [0.5, 0.6) is 5.75 Å². The summed E-state index contributed by atoms with van der Waals surface area (Å²) in [4.78, 5) is 65.4. The smallest absolute Gasteiger partial charge is 0.407 e. The van der Waals surface area contributed by atoms with Gasteiger partial charge in [0.2, 0.25) is 5.91 Å². The van der Waals surface area contributed by atoms with Gasteiger partial charge >= 0.3 is 6.09 Å². The number of rotatable bonds is 13. The van der Waals surface area contributed by atoms with Crippen molar-refractivity contribution in [2.75, 3.05) is 24.3 Å². The van der Waals surface area contributed by atoms with Crippen LogP contribution in [0.2, 0.25) is 0 Å². The number of carbonyl (C=O) groups excluding carboxylic acids is 4. The number of nitrogens with zero attached hydrogens (tertiary/aromatic N) is 4. The molecule has 1 unspecified atom stereocenters. The Balaban J connectivity index is 1.24. The Hall–Kier alpha value is -8.84. The van der Waals surface area contributed by atoms with Crippen molar-refractivity contribution in [1.29, 1.82) is 0 Å². The number of carbonyl (C=O) groups is 4. The first-order valence-corrected chi connectivity index (χ1v) is 23.4. The highest BCUT2D eigenvalue weighted by Gasteiger charge is 2.41. The van der Waals surface area contributed by atoms with Gasteiger partial charge in [-0.15, -0.1) is 0 Å². The topological polar surface area (TPSA) is 156 Å². The van der Waals surface area contributed by atoms with Crippen molar-refractivity contribution in [1.82, 2.24) is 20.0 Å². The molecule has 0 saturated carbocycles. The van der Waals surface area contributed by atoms with Crippen molar-refractivity contribution < 1.29 is 28.7 Å². The minimum absolute atomic E-state index is 0.120. The highest BCUT2D eigenvalue weighted by molar-refractivity contribution is 6.15. The van der Waals surface area contributed by atoms with E-state index in [-0.39, 0.29) is 30.8 Å². The largest absolute Gasteiger partial charge is 0.494 e. The minimum Gasteiger partial charge on any atom is -0.494 e. The Kier molecular flexibility index (Phi) is 13.8. The van der Waals surface area contributed by atoms with Gasteiger partial charge in [0.1, 0.15) is 17.0 Å². The molecule has 1 aliphatic rings. The van der Waals surface area contributed by atoms with E-state index in [1.165, 1.54) is 7.11 Å². The second kappa shape index (κ2) is 20.8. The van der Waals surface area contributed by atoms with Gasteiger partial charge in [0.15, 0.2) is 5.69 Å². The third-order valence-electron chi connectivity index (χ3n) is 12.2. The predicted octanol–water partition coefficient (Wildman–Crippen LogP) is 10.8. The summed E-state index contributed by atoms with van der Waals surface area (Å²) < 4.78 is 13.3. The van der Waals surface area contributed by atoms with E-state index in [1.807, 2.05) is 146 Å². The Morgan fingerprint density at radius 1 is 0.704 bits per heavy atom. The van der Waals surface area contributed by atoms with E-state index in [0.717, 1.165) is 22.3 Å². The summed E-state index contributed by atoms with van der Waals surface area (Å²) in [5, 5.41) is 14.4. The summed E-state index contributed by atoms with van der Waals surface area (Å²) in [5.74, 6) is -1.96. The van der Waals surface area contributed by atoms with E-state index >= 15 is 4.79 Å². The van der Waals surface area contributed by atoms with Gasteiger partial charge in [-0.1, -0.05) is 140 Å². The summed E-state index contributed by atoms with van der Waals surface area (Å²) >= 11 is 0. The standard InChI is InChI=1S/C58H53N7O6/c1-58(2,3)71-57(69)59-36-46(54(66)60-42-27-13-7-14-28-42)49-33-40-25-17-18-26-41(40)37-64(49)56(68)45-34-47(62-52(38-21-9-5-10-22-38)39-23-11-6-12-24-39)51(70-4)35-50(45)65-48-32-20-19-31-44(48)53(63-65)55(67)61-43-29-15-8-16-30-43/h5-32,34-35,46,49H,33,36-37H2,1-4H3,(H,59,69)(H,60,66)(H,61,67)/t46?,49-/m0/s1. The lowest BCUT2D eigenvalue weighted by Gasteiger charge is -2.41. The highest BCUT2D eigenvalue weighted by atomic mass is 16.6. The van der Waals surface area contributed by atoms with Crippen molar-refractivity contribution in [2.24, 2.45) is 10.9 Å². The van der Waals surface area contributed by atoms with Crippen molar-refractivity contribution in [2.45, 2.75) is 45.4 Å². The molecule has 0 fully saturated rings. The van der Waals surface area contributed by atoms with Crippen LogP contribution < -0.4 is 20.7 Å². The predicted molar refractivity (Wildman–Crippen MR) is 277 cm³/mol. The van der Waals surface area contributed by atoms with E-state index < -0.39 is 41.4 Å². The fraction of sp³-hybridized carbons (Fsp3) is 0.172. The molecule has 0 aliphatic carbocycles. The average molecular weight is 944 g/mol. The van der Waals surface area contributed by atoms with Crippen LogP contribution in [0.15, 0.2) is 187 Å². The van der Waals surface area contributed by atoms with Gasteiger partial charge in [-0.05, 0) is 74.7 Å². The lowest BCUT2D eigenvalue weighted by Crippen LogP contribution is -2.54. The zero-order valence-corrected chi connectivity index (χ0v) is 39.8. The number of fused-ring (bicyclic) bond motifs is 2. The zero-order chi connectivity index (χ0) is 49.5. The van der Waals surface area contributed by atoms with Crippen LogP contribution in [0.3, 0.4) is 0 Å². The van der Waals surface area contributed by atoms with Crippen molar-refractivity contribution in [3.05, 3.63) is 216 Å². The molecule has 4 amide bonds. The summed E-state index contributed by atoms with van der Waals surface area (Å²) in [6, 6.07) is 55.4. The minimum atomic E-state index is -0.985. The first kappa shape index (κ1) is 47.2. The number of anilines is 2. The van der Waals surface area contributed by atoms with Crippen molar-refractivity contribution >= 4 is 57.5 Å². The molecule has 71 heavy (non-hydrogen) atoms. The van der Waals surface area contributed by atoms with Gasteiger partial charge in [0.05, 0.1) is 35.5 Å². The molecule has 1 aromatic heterocycles.